The van der Waals surface area contributed by atoms with Gasteiger partial charge < -0.3 is 5.73 Å². The molecule has 1 atom stereocenters. The van der Waals surface area contributed by atoms with E-state index < -0.39 is 0 Å². The van der Waals surface area contributed by atoms with E-state index in [-0.39, 0.29) is 0 Å². The minimum Gasteiger partial charge on any atom is -0.330 e. The maximum absolute atomic E-state index is 5.81. The molecular formula is C13H21NS. The van der Waals surface area contributed by atoms with Crippen molar-refractivity contribution in [2.24, 2.45) is 5.73 Å². The van der Waals surface area contributed by atoms with Crippen molar-refractivity contribution in [1.82, 2.24) is 0 Å². The van der Waals surface area contributed by atoms with Gasteiger partial charge in [0.1, 0.15) is 0 Å². The number of nitrogens with two attached hydrogens (primary N) is 1. The average Bonchev–Trinajstić information content (AvgIpc) is 2.40. The van der Waals surface area contributed by atoms with Crippen LogP contribution in [0.25, 0.3) is 0 Å². The van der Waals surface area contributed by atoms with E-state index in [1.165, 1.54) is 37.0 Å². The van der Waals surface area contributed by atoms with Crippen molar-refractivity contribution in [2.75, 3.05) is 6.54 Å². The third kappa shape index (κ3) is 2.11. The minimum absolute atomic E-state index is 0.545. The van der Waals surface area contributed by atoms with E-state index in [0.717, 1.165) is 6.54 Å². The molecule has 1 unspecified atom stereocenters. The molecule has 1 heterocycles. The van der Waals surface area contributed by atoms with Crippen molar-refractivity contribution < 1.29 is 0 Å². The SMILES string of the molecule is Cc1sc2c(c1C(C)CN)CCCCC2. The molecule has 0 fully saturated rings. The molecule has 0 saturated heterocycles. The smallest absolute Gasteiger partial charge is 0.00830 e. The lowest BCUT2D eigenvalue weighted by Crippen LogP contribution is -2.11. The van der Waals surface area contributed by atoms with Gasteiger partial charge >= 0.3 is 0 Å². The summed E-state index contributed by atoms with van der Waals surface area (Å²) in [5, 5.41) is 0. The van der Waals surface area contributed by atoms with Gasteiger partial charge in [-0.1, -0.05) is 13.3 Å². The van der Waals surface area contributed by atoms with Crippen LogP contribution in [0.3, 0.4) is 0 Å². The molecule has 0 radical (unpaired) electrons. The summed E-state index contributed by atoms with van der Waals surface area (Å²) in [6.45, 7) is 5.31. The van der Waals surface area contributed by atoms with Gasteiger partial charge in [-0.2, -0.15) is 0 Å². The van der Waals surface area contributed by atoms with Gasteiger partial charge in [0.05, 0.1) is 0 Å². The first-order chi connectivity index (χ1) is 7.24. The summed E-state index contributed by atoms with van der Waals surface area (Å²) in [6, 6.07) is 0. The van der Waals surface area contributed by atoms with Gasteiger partial charge in [-0.05, 0) is 56.2 Å². The van der Waals surface area contributed by atoms with E-state index in [2.05, 4.69) is 13.8 Å². The van der Waals surface area contributed by atoms with Crippen LogP contribution in [-0.4, -0.2) is 6.54 Å². The fourth-order valence-electron chi connectivity index (χ4n) is 2.67. The highest BCUT2D eigenvalue weighted by Gasteiger charge is 2.20. The predicted octanol–water partition coefficient (Wildman–Crippen LogP) is 3.39. The summed E-state index contributed by atoms with van der Waals surface area (Å²) < 4.78 is 0. The van der Waals surface area contributed by atoms with Crippen LogP contribution in [0, 0.1) is 6.92 Å². The van der Waals surface area contributed by atoms with E-state index in [1.807, 2.05) is 11.3 Å². The van der Waals surface area contributed by atoms with E-state index in [0.29, 0.717) is 5.92 Å². The van der Waals surface area contributed by atoms with Crippen molar-refractivity contribution in [3.63, 3.8) is 0 Å². The molecule has 1 aliphatic carbocycles. The Hall–Kier alpha value is -0.340. The highest BCUT2D eigenvalue weighted by Crippen LogP contribution is 2.36. The largest absolute Gasteiger partial charge is 0.330 e. The number of fused-ring (bicyclic) bond motifs is 1. The molecule has 2 heteroatoms. The molecule has 2 rings (SSSR count). The lowest BCUT2D eigenvalue weighted by molar-refractivity contribution is 0.704. The maximum atomic E-state index is 5.81. The van der Waals surface area contributed by atoms with Gasteiger partial charge in [-0.3, -0.25) is 0 Å². The van der Waals surface area contributed by atoms with Gasteiger partial charge in [-0.25, -0.2) is 0 Å². The molecule has 84 valence electrons. The summed E-state index contributed by atoms with van der Waals surface area (Å²) in [6.07, 6.45) is 6.74. The Bertz CT molecular complexity index is 341. The lowest BCUT2D eigenvalue weighted by atomic mass is 9.94. The second-order valence-corrected chi connectivity index (χ2v) is 5.98. The van der Waals surface area contributed by atoms with Crippen molar-refractivity contribution >= 4 is 11.3 Å². The zero-order valence-corrected chi connectivity index (χ0v) is 10.6. The quantitative estimate of drug-likeness (QED) is 0.764. The molecular weight excluding hydrogens is 202 g/mol. The minimum atomic E-state index is 0.545. The number of thiophene rings is 1. The Morgan fingerprint density at radius 1 is 1.27 bits per heavy atom. The van der Waals surface area contributed by atoms with Crippen LogP contribution in [-0.2, 0) is 12.8 Å². The molecule has 1 aromatic heterocycles. The van der Waals surface area contributed by atoms with Crippen LogP contribution in [0.5, 0.6) is 0 Å². The van der Waals surface area contributed by atoms with Gasteiger partial charge in [0.25, 0.3) is 0 Å². The van der Waals surface area contributed by atoms with Crippen LogP contribution >= 0.6 is 11.3 Å². The summed E-state index contributed by atoms with van der Waals surface area (Å²) in [4.78, 5) is 3.17. The van der Waals surface area contributed by atoms with Crippen LogP contribution in [0.15, 0.2) is 0 Å². The fourth-order valence-corrected chi connectivity index (χ4v) is 4.05. The molecule has 15 heavy (non-hydrogen) atoms. The van der Waals surface area contributed by atoms with Crippen LogP contribution in [0.1, 0.15) is 53.0 Å². The van der Waals surface area contributed by atoms with Crippen LogP contribution < -0.4 is 5.73 Å². The second kappa shape index (κ2) is 4.67. The van der Waals surface area contributed by atoms with Gasteiger partial charge in [0.15, 0.2) is 0 Å². The molecule has 0 saturated carbocycles. The lowest BCUT2D eigenvalue weighted by Gasteiger charge is -2.12. The Morgan fingerprint density at radius 2 is 2.00 bits per heavy atom. The number of rotatable bonds is 2. The molecule has 0 amide bonds. The Morgan fingerprint density at radius 3 is 2.73 bits per heavy atom. The summed E-state index contributed by atoms with van der Waals surface area (Å²) in [7, 11) is 0. The third-order valence-corrected chi connectivity index (χ3v) is 4.72. The van der Waals surface area contributed by atoms with E-state index >= 15 is 0 Å². The van der Waals surface area contributed by atoms with Gasteiger partial charge in [0, 0.05) is 9.75 Å². The predicted molar refractivity (Wildman–Crippen MR) is 67.8 cm³/mol. The molecule has 0 aliphatic heterocycles. The maximum Gasteiger partial charge on any atom is 0.00830 e. The van der Waals surface area contributed by atoms with Gasteiger partial charge in [0.2, 0.25) is 0 Å². The van der Waals surface area contributed by atoms with E-state index in [9.17, 15) is 0 Å². The first-order valence-electron chi connectivity index (χ1n) is 6.05. The fraction of sp³-hybridized carbons (Fsp3) is 0.692. The zero-order chi connectivity index (χ0) is 10.8. The molecule has 1 nitrogen and oxygen atoms in total. The molecule has 2 N–H and O–H groups in total. The Kier molecular flexibility index (Phi) is 3.47. The molecule has 0 bridgehead atoms. The first kappa shape index (κ1) is 11.2. The topological polar surface area (TPSA) is 26.0 Å². The Labute approximate surface area is 96.7 Å². The number of hydrogen-bond acceptors (Lipinski definition) is 2. The van der Waals surface area contributed by atoms with Crippen molar-refractivity contribution in [1.29, 1.82) is 0 Å². The number of hydrogen-bond donors (Lipinski definition) is 1. The van der Waals surface area contributed by atoms with Crippen molar-refractivity contribution in [2.45, 2.75) is 51.9 Å². The van der Waals surface area contributed by atoms with E-state index in [4.69, 9.17) is 5.73 Å². The third-order valence-electron chi connectivity index (χ3n) is 3.49. The first-order valence-corrected chi connectivity index (χ1v) is 6.86. The zero-order valence-electron chi connectivity index (χ0n) is 9.81. The highest BCUT2D eigenvalue weighted by atomic mass is 32.1. The van der Waals surface area contributed by atoms with Crippen molar-refractivity contribution in [3.8, 4) is 0 Å². The Balaban J connectivity index is 2.40. The molecule has 0 aromatic carbocycles. The summed E-state index contributed by atoms with van der Waals surface area (Å²) in [5.74, 6) is 0.545. The standard InChI is InChI=1S/C13H21NS/c1-9(8-14)13-10(2)15-12-7-5-3-4-6-11(12)13/h9H,3-8,14H2,1-2H3. The van der Waals surface area contributed by atoms with Crippen LogP contribution in [0.2, 0.25) is 0 Å². The molecule has 0 spiro atoms. The van der Waals surface area contributed by atoms with E-state index in [1.54, 1.807) is 16.0 Å². The molecule has 1 aromatic rings. The average molecular weight is 223 g/mol. The number of aryl methyl sites for hydroxylation is 2. The normalized spacial score (nSPS) is 18.3. The summed E-state index contributed by atoms with van der Waals surface area (Å²) >= 11 is 2.02. The monoisotopic (exact) mass is 223 g/mol. The summed E-state index contributed by atoms with van der Waals surface area (Å²) in [5.41, 5.74) is 9.05. The van der Waals surface area contributed by atoms with Crippen LogP contribution in [0.4, 0.5) is 0 Å². The van der Waals surface area contributed by atoms with Crippen molar-refractivity contribution in [3.05, 3.63) is 20.9 Å². The molecule has 1 aliphatic rings. The van der Waals surface area contributed by atoms with Gasteiger partial charge in [-0.15, -0.1) is 11.3 Å². The second-order valence-electron chi connectivity index (χ2n) is 4.67. The highest BCUT2D eigenvalue weighted by molar-refractivity contribution is 7.12.